The van der Waals surface area contributed by atoms with Gasteiger partial charge in [-0.1, -0.05) is 12.1 Å². The molecule has 2 aromatic rings. The van der Waals surface area contributed by atoms with Gasteiger partial charge in [0.05, 0.1) is 26.9 Å². The average Bonchev–Trinajstić information content (AvgIpc) is 2.66. The maximum atomic E-state index is 13.0. The number of hydrogen-bond donors (Lipinski definition) is 3. The number of aliphatic hydroxyl groups excluding tert-OH is 1. The summed E-state index contributed by atoms with van der Waals surface area (Å²) in [6.07, 6.45) is -0.823. The van der Waals surface area contributed by atoms with E-state index in [0.29, 0.717) is 29.6 Å². The van der Waals surface area contributed by atoms with Crippen LogP contribution in [0.1, 0.15) is 18.6 Å². The van der Waals surface area contributed by atoms with Crippen LogP contribution in [0, 0.1) is 5.82 Å². The summed E-state index contributed by atoms with van der Waals surface area (Å²) in [5.41, 5.74) is 1.37. The van der Waals surface area contributed by atoms with Crippen molar-refractivity contribution >= 4 is 35.6 Å². The highest BCUT2D eigenvalue weighted by Crippen LogP contribution is 2.29. The fourth-order valence-corrected chi connectivity index (χ4v) is 2.33. The number of aliphatic hydroxyl groups is 1. The van der Waals surface area contributed by atoms with Gasteiger partial charge in [-0.2, -0.15) is 0 Å². The Labute approximate surface area is 175 Å². The summed E-state index contributed by atoms with van der Waals surface area (Å²) >= 11 is 0. The summed E-state index contributed by atoms with van der Waals surface area (Å²) in [6, 6.07) is 11.1. The Morgan fingerprint density at radius 3 is 2.37 bits per heavy atom. The third kappa shape index (κ3) is 6.87. The van der Waals surface area contributed by atoms with Gasteiger partial charge in [-0.15, -0.1) is 24.0 Å². The van der Waals surface area contributed by atoms with Crippen molar-refractivity contribution in [2.24, 2.45) is 4.99 Å². The van der Waals surface area contributed by atoms with E-state index in [9.17, 15) is 9.50 Å². The topological polar surface area (TPSA) is 75.1 Å². The van der Waals surface area contributed by atoms with Crippen LogP contribution in [-0.4, -0.2) is 38.4 Å². The lowest BCUT2D eigenvalue weighted by Gasteiger charge is -2.15. The number of methoxy groups -OCH3 is 2. The van der Waals surface area contributed by atoms with Gasteiger partial charge in [0.1, 0.15) is 5.82 Å². The number of ether oxygens (including phenoxy) is 2. The minimum Gasteiger partial charge on any atom is -0.493 e. The quantitative estimate of drug-likeness (QED) is 0.315. The molecule has 3 N–H and O–H groups in total. The Kier molecular flexibility index (Phi) is 9.87. The van der Waals surface area contributed by atoms with E-state index in [4.69, 9.17) is 9.47 Å². The van der Waals surface area contributed by atoms with Gasteiger partial charge in [0, 0.05) is 18.3 Å². The molecule has 0 bridgehead atoms. The zero-order valence-corrected chi connectivity index (χ0v) is 17.9. The predicted octanol–water partition coefficient (Wildman–Crippen LogP) is 3.57. The molecule has 27 heavy (non-hydrogen) atoms. The lowest BCUT2D eigenvalue weighted by atomic mass is 10.1. The number of benzene rings is 2. The Morgan fingerprint density at radius 2 is 1.78 bits per heavy atom. The van der Waals surface area contributed by atoms with Crippen LogP contribution < -0.4 is 20.1 Å². The number of rotatable bonds is 7. The molecular formula is C19H25FIN3O3. The first-order valence-corrected chi connectivity index (χ1v) is 8.28. The number of halogens is 2. The lowest BCUT2D eigenvalue weighted by molar-refractivity contribution is 0.187. The Balaban J connectivity index is 0.00000364. The summed E-state index contributed by atoms with van der Waals surface area (Å²) in [5.74, 6) is 1.40. The molecule has 0 amide bonds. The van der Waals surface area contributed by atoms with Gasteiger partial charge in [-0.25, -0.2) is 9.38 Å². The first kappa shape index (κ1) is 23.0. The highest BCUT2D eigenvalue weighted by molar-refractivity contribution is 14.0. The fraction of sp³-hybridized carbons (Fsp3) is 0.316. The Bertz CT molecular complexity index is 741. The molecule has 0 saturated carbocycles. The molecule has 8 heteroatoms. The third-order valence-corrected chi connectivity index (χ3v) is 3.67. The molecule has 0 spiro atoms. The number of hydrogen-bond acceptors (Lipinski definition) is 4. The van der Waals surface area contributed by atoms with E-state index < -0.39 is 6.10 Å². The van der Waals surface area contributed by atoms with Crippen molar-refractivity contribution in [3.05, 3.63) is 53.8 Å². The molecule has 0 aliphatic rings. The molecule has 0 aliphatic heterocycles. The van der Waals surface area contributed by atoms with E-state index in [2.05, 4.69) is 15.6 Å². The summed E-state index contributed by atoms with van der Waals surface area (Å²) in [4.78, 5) is 4.38. The molecule has 6 nitrogen and oxygen atoms in total. The molecule has 2 rings (SSSR count). The fourth-order valence-electron chi connectivity index (χ4n) is 2.33. The van der Waals surface area contributed by atoms with Crippen LogP contribution >= 0.6 is 24.0 Å². The normalized spacial score (nSPS) is 12.0. The molecule has 0 aromatic heterocycles. The minimum atomic E-state index is -0.823. The highest BCUT2D eigenvalue weighted by atomic mass is 127. The van der Waals surface area contributed by atoms with E-state index in [1.54, 1.807) is 38.5 Å². The van der Waals surface area contributed by atoms with Gasteiger partial charge >= 0.3 is 0 Å². The molecule has 0 heterocycles. The van der Waals surface area contributed by atoms with E-state index in [1.165, 1.54) is 12.1 Å². The zero-order valence-electron chi connectivity index (χ0n) is 15.5. The van der Waals surface area contributed by atoms with Gasteiger partial charge in [0.25, 0.3) is 0 Å². The second-order valence-corrected chi connectivity index (χ2v) is 5.48. The summed E-state index contributed by atoms with van der Waals surface area (Å²) in [7, 11) is 3.15. The molecule has 2 aromatic carbocycles. The summed E-state index contributed by atoms with van der Waals surface area (Å²) < 4.78 is 23.5. The summed E-state index contributed by atoms with van der Waals surface area (Å²) in [6.45, 7) is 2.74. The van der Waals surface area contributed by atoms with Gasteiger partial charge < -0.3 is 25.2 Å². The second-order valence-electron chi connectivity index (χ2n) is 5.48. The molecule has 1 unspecified atom stereocenters. The van der Waals surface area contributed by atoms with Crippen molar-refractivity contribution in [2.75, 3.05) is 32.6 Å². The largest absolute Gasteiger partial charge is 0.493 e. The first-order valence-electron chi connectivity index (χ1n) is 8.28. The van der Waals surface area contributed by atoms with Crippen molar-refractivity contribution in [3.8, 4) is 11.5 Å². The average molecular weight is 489 g/mol. The van der Waals surface area contributed by atoms with Gasteiger partial charge in [0.15, 0.2) is 17.5 Å². The predicted molar refractivity (Wildman–Crippen MR) is 116 cm³/mol. The van der Waals surface area contributed by atoms with Crippen molar-refractivity contribution in [3.63, 3.8) is 0 Å². The monoisotopic (exact) mass is 489 g/mol. The lowest BCUT2D eigenvalue weighted by Crippen LogP contribution is -2.31. The van der Waals surface area contributed by atoms with Crippen LogP contribution in [0.15, 0.2) is 47.5 Å². The van der Waals surface area contributed by atoms with Gasteiger partial charge in [0.2, 0.25) is 0 Å². The number of aliphatic imine (C=N–C) groups is 1. The second kappa shape index (κ2) is 11.6. The van der Waals surface area contributed by atoms with Crippen LogP contribution in [0.3, 0.4) is 0 Å². The van der Waals surface area contributed by atoms with Crippen LogP contribution in [0.25, 0.3) is 0 Å². The number of nitrogens with zero attached hydrogens (tertiary/aromatic N) is 1. The SMILES string of the molecule is CCNC(=NCC(O)c1ccc(F)cc1)Nc1ccc(OC)c(OC)c1.I. The molecular weight excluding hydrogens is 464 g/mol. The van der Waals surface area contributed by atoms with E-state index in [0.717, 1.165) is 5.69 Å². The smallest absolute Gasteiger partial charge is 0.195 e. The van der Waals surface area contributed by atoms with Crippen molar-refractivity contribution in [1.82, 2.24) is 5.32 Å². The molecule has 0 aliphatic carbocycles. The number of nitrogens with one attached hydrogen (secondary N) is 2. The van der Waals surface area contributed by atoms with Gasteiger partial charge in [-0.3, -0.25) is 0 Å². The van der Waals surface area contributed by atoms with Crippen LogP contribution in [-0.2, 0) is 0 Å². The molecule has 0 radical (unpaired) electrons. The van der Waals surface area contributed by atoms with E-state index in [-0.39, 0.29) is 36.3 Å². The van der Waals surface area contributed by atoms with E-state index in [1.807, 2.05) is 13.0 Å². The van der Waals surface area contributed by atoms with Crippen molar-refractivity contribution < 1.29 is 19.0 Å². The van der Waals surface area contributed by atoms with Crippen LogP contribution in [0.4, 0.5) is 10.1 Å². The van der Waals surface area contributed by atoms with E-state index >= 15 is 0 Å². The van der Waals surface area contributed by atoms with Gasteiger partial charge in [-0.05, 0) is 36.8 Å². The molecule has 148 valence electrons. The molecule has 1 atom stereocenters. The zero-order chi connectivity index (χ0) is 18.9. The molecule has 0 saturated heterocycles. The maximum Gasteiger partial charge on any atom is 0.195 e. The maximum absolute atomic E-state index is 13.0. The highest BCUT2D eigenvalue weighted by Gasteiger charge is 2.09. The number of anilines is 1. The Hall–Kier alpha value is -2.07. The van der Waals surface area contributed by atoms with Crippen molar-refractivity contribution in [1.29, 1.82) is 0 Å². The molecule has 0 fully saturated rings. The standard InChI is InChI=1S/C19H24FN3O3.HI/c1-4-21-19(22-12-16(24)13-5-7-14(20)8-6-13)23-15-9-10-17(25-2)18(11-15)26-3;/h5-11,16,24H,4,12H2,1-3H3,(H2,21,22,23);1H. The van der Waals surface area contributed by atoms with Crippen molar-refractivity contribution in [2.45, 2.75) is 13.0 Å². The van der Waals surface area contributed by atoms with Crippen LogP contribution in [0.5, 0.6) is 11.5 Å². The minimum absolute atomic E-state index is 0. The summed E-state index contributed by atoms with van der Waals surface area (Å²) in [5, 5.41) is 16.5. The Morgan fingerprint density at radius 1 is 1.11 bits per heavy atom. The van der Waals surface area contributed by atoms with Crippen LogP contribution in [0.2, 0.25) is 0 Å². The first-order chi connectivity index (χ1) is 12.6. The number of guanidine groups is 1. The third-order valence-electron chi connectivity index (χ3n) is 3.67.